The number of nitrogens with zero attached hydrogens (tertiary/aromatic N) is 2. The fourth-order valence-electron chi connectivity index (χ4n) is 9.83. The lowest BCUT2D eigenvalue weighted by atomic mass is 9.83. The Bertz CT molecular complexity index is 3440. The van der Waals surface area contributed by atoms with E-state index in [1.54, 1.807) is 0 Å². The molecule has 0 fully saturated rings. The van der Waals surface area contributed by atoms with E-state index in [1.807, 2.05) is 0 Å². The highest BCUT2D eigenvalue weighted by molar-refractivity contribution is 6.26. The molecule has 2 heteroatoms. The molecule has 0 atom stereocenters. The summed E-state index contributed by atoms with van der Waals surface area (Å²) >= 11 is 0. The van der Waals surface area contributed by atoms with Gasteiger partial charge in [0.1, 0.15) is 5.82 Å². The van der Waals surface area contributed by atoms with Crippen molar-refractivity contribution >= 4 is 54.1 Å². The lowest BCUT2D eigenvalue weighted by Gasteiger charge is -2.21. The number of hydrogen-bond acceptors (Lipinski definition) is 1. The van der Waals surface area contributed by atoms with E-state index >= 15 is 0 Å². The van der Waals surface area contributed by atoms with Gasteiger partial charge in [0.15, 0.2) is 0 Å². The second kappa shape index (κ2) is 12.4. The summed E-state index contributed by atoms with van der Waals surface area (Å²) in [5.74, 6) is 1.07. The monoisotopic (exact) mass is 724 g/mol. The fraction of sp³-hybridized carbons (Fsp3) is 0.0364. The summed E-state index contributed by atoms with van der Waals surface area (Å²) in [5.41, 5.74) is 16.0. The molecule has 0 aliphatic heterocycles. The van der Waals surface area contributed by atoms with Crippen LogP contribution in [0.1, 0.15) is 12.7 Å². The van der Waals surface area contributed by atoms with Crippen LogP contribution in [0.3, 0.4) is 0 Å². The molecular weight excluding hydrogens is 689 g/mol. The van der Waals surface area contributed by atoms with Crippen LogP contribution in [-0.2, 0) is 6.42 Å². The first-order chi connectivity index (χ1) is 28.2. The quantitative estimate of drug-likeness (QED) is 0.162. The topological polar surface area (TPSA) is 17.8 Å². The van der Waals surface area contributed by atoms with Gasteiger partial charge in [-0.3, -0.25) is 4.57 Å². The normalized spacial score (nSPS) is 12.0. The van der Waals surface area contributed by atoms with E-state index in [9.17, 15) is 0 Å². The van der Waals surface area contributed by atoms with Crippen LogP contribution in [0.15, 0.2) is 188 Å². The van der Waals surface area contributed by atoms with Gasteiger partial charge < -0.3 is 0 Å². The Morgan fingerprint density at radius 3 is 1.89 bits per heavy atom. The van der Waals surface area contributed by atoms with Crippen molar-refractivity contribution < 1.29 is 0 Å². The fourth-order valence-corrected chi connectivity index (χ4v) is 9.83. The van der Waals surface area contributed by atoms with Gasteiger partial charge in [-0.15, -0.1) is 0 Å². The molecule has 10 aromatic carbocycles. The van der Waals surface area contributed by atoms with Crippen LogP contribution in [0.25, 0.3) is 115 Å². The smallest absolute Gasteiger partial charge is 0.114 e. The Kier molecular flexibility index (Phi) is 6.94. The molecule has 1 aliphatic carbocycles. The summed E-state index contributed by atoms with van der Waals surface area (Å²) < 4.78 is 2.36. The highest BCUT2D eigenvalue weighted by atomic mass is 15.1. The molecule has 1 heterocycles. The Hall–Kier alpha value is -7.29. The Morgan fingerprint density at radius 2 is 1.07 bits per heavy atom. The third-order valence-corrected chi connectivity index (χ3v) is 12.3. The standard InChI is InChI=1S/C55H36N2/c1-2-52-56-49-25-12-13-26-51(49)57(52)50-30-29-45(40-20-8-9-21-41(40)50)55-44-23-11-10-22-43(44)54(46-28-27-35(32-48(46)55)34-15-4-3-5-16-34)37-31-36-17-14-24-42-38-18-6-7-19-39(38)47(33-37)53(36)42/h3-33H,2H2,1H3. The van der Waals surface area contributed by atoms with Crippen LogP contribution in [0.4, 0.5) is 0 Å². The molecule has 0 bridgehead atoms. The lowest BCUT2D eigenvalue weighted by molar-refractivity contribution is 0.913. The van der Waals surface area contributed by atoms with E-state index in [4.69, 9.17) is 4.98 Å². The van der Waals surface area contributed by atoms with Gasteiger partial charge in [0, 0.05) is 11.8 Å². The van der Waals surface area contributed by atoms with Crippen LogP contribution in [0.5, 0.6) is 0 Å². The van der Waals surface area contributed by atoms with Crippen molar-refractivity contribution in [3.8, 4) is 61.3 Å². The predicted molar refractivity (Wildman–Crippen MR) is 241 cm³/mol. The highest BCUT2D eigenvalue weighted by Crippen LogP contribution is 2.52. The van der Waals surface area contributed by atoms with Gasteiger partial charge in [0.25, 0.3) is 0 Å². The van der Waals surface area contributed by atoms with Crippen molar-refractivity contribution in [3.63, 3.8) is 0 Å². The van der Waals surface area contributed by atoms with Gasteiger partial charge >= 0.3 is 0 Å². The zero-order valence-electron chi connectivity index (χ0n) is 31.5. The predicted octanol–water partition coefficient (Wildman–Crippen LogP) is 14.8. The second-order valence-corrected chi connectivity index (χ2v) is 15.3. The van der Waals surface area contributed by atoms with Gasteiger partial charge in [0.2, 0.25) is 0 Å². The Balaban J connectivity index is 1.19. The first-order valence-corrected chi connectivity index (χ1v) is 19.9. The SMILES string of the molecule is CCc1nc2ccccc2n1-c1ccc(-c2c3ccccc3c(-c3cc4c5c(cccc5c3)-c3ccccc3-4)c3ccc(-c4ccccc4)cc23)c2ccccc12. The van der Waals surface area contributed by atoms with Gasteiger partial charge in [-0.2, -0.15) is 0 Å². The molecular formula is C55H36N2. The Morgan fingerprint density at radius 1 is 0.404 bits per heavy atom. The molecule has 0 radical (unpaired) electrons. The van der Waals surface area contributed by atoms with Crippen molar-refractivity contribution in [2.75, 3.05) is 0 Å². The van der Waals surface area contributed by atoms with Crippen molar-refractivity contribution in [3.05, 3.63) is 194 Å². The number of aromatic nitrogens is 2. The van der Waals surface area contributed by atoms with E-state index in [1.165, 1.54) is 98.7 Å². The molecule has 11 aromatic rings. The molecule has 2 nitrogen and oxygen atoms in total. The Labute approximate surface area is 330 Å². The number of aryl methyl sites for hydroxylation is 1. The number of fused-ring (bicyclic) bond motifs is 7. The third-order valence-electron chi connectivity index (χ3n) is 12.3. The number of para-hydroxylation sites is 2. The minimum absolute atomic E-state index is 0.840. The van der Waals surface area contributed by atoms with Gasteiger partial charge in [-0.1, -0.05) is 159 Å². The first kappa shape index (κ1) is 32.0. The van der Waals surface area contributed by atoms with E-state index < -0.39 is 0 Å². The van der Waals surface area contributed by atoms with Crippen molar-refractivity contribution in [1.82, 2.24) is 9.55 Å². The van der Waals surface area contributed by atoms with Crippen molar-refractivity contribution in [2.45, 2.75) is 13.3 Å². The minimum Gasteiger partial charge on any atom is -0.296 e. The van der Waals surface area contributed by atoms with Gasteiger partial charge in [0.05, 0.1) is 16.7 Å². The second-order valence-electron chi connectivity index (χ2n) is 15.3. The highest BCUT2D eigenvalue weighted by Gasteiger charge is 2.25. The summed E-state index contributed by atoms with van der Waals surface area (Å²) in [6.45, 7) is 2.19. The molecule has 0 amide bonds. The van der Waals surface area contributed by atoms with Crippen LogP contribution in [-0.4, -0.2) is 9.55 Å². The van der Waals surface area contributed by atoms with E-state index in [2.05, 4.69) is 200 Å². The van der Waals surface area contributed by atoms with E-state index in [0.717, 1.165) is 29.0 Å². The third kappa shape index (κ3) is 4.68. The summed E-state index contributed by atoms with van der Waals surface area (Å²) in [5, 5.41) is 10.1. The molecule has 0 unspecified atom stereocenters. The maximum Gasteiger partial charge on any atom is 0.114 e. The van der Waals surface area contributed by atoms with Crippen molar-refractivity contribution in [2.24, 2.45) is 0 Å². The number of imidazole rings is 1. The summed E-state index contributed by atoms with van der Waals surface area (Å²) in [6.07, 6.45) is 0.840. The summed E-state index contributed by atoms with van der Waals surface area (Å²) in [7, 11) is 0. The minimum atomic E-state index is 0.840. The van der Waals surface area contributed by atoms with Crippen LogP contribution < -0.4 is 0 Å². The summed E-state index contributed by atoms with van der Waals surface area (Å²) in [6, 6.07) is 69.6. The molecule has 12 rings (SSSR count). The van der Waals surface area contributed by atoms with Gasteiger partial charge in [-0.05, 0) is 130 Å². The maximum absolute atomic E-state index is 5.06. The number of rotatable bonds is 5. The van der Waals surface area contributed by atoms with Crippen LogP contribution in [0.2, 0.25) is 0 Å². The van der Waals surface area contributed by atoms with Gasteiger partial charge in [-0.25, -0.2) is 4.98 Å². The number of hydrogen-bond donors (Lipinski definition) is 0. The molecule has 0 N–H and O–H groups in total. The average molecular weight is 725 g/mol. The van der Waals surface area contributed by atoms with Crippen molar-refractivity contribution in [1.29, 1.82) is 0 Å². The maximum atomic E-state index is 5.06. The zero-order chi connectivity index (χ0) is 37.6. The molecule has 266 valence electrons. The molecule has 0 saturated heterocycles. The molecule has 0 saturated carbocycles. The molecule has 57 heavy (non-hydrogen) atoms. The average Bonchev–Trinajstić information content (AvgIpc) is 3.82. The van der Waals surface area contributed by atoms with E-state index in [0.29, 0.717) is 0 Å². The van der Waals surface area contributed by atoms with Crippen LogP contribution in [0, 0.1) is 0 Å². The van der Waals surface area contributed by atoms with Crippen LogP contribution >= 0.6 is 0 Å². The number of benzene rings is 10. The molecule has 1 aliphatic rings. The lowest BCUT2D eigenvalue weighted by Crippen LogP contribution is -2.01. The first-order valence-electron chi connectivity index (χ1n) is 19.9. The van der Waals surface area contributed by atoms with E-state index in [-0.39, 0.29) is 0 Å². The zero-order valence-corrected chi connectivity index (χ0v) is 31.5. The largest absolute Gasteiger partial charge is 0.296 e. The molecule has 0 spiro atoms. The summed E-state index contributed by atoms with van der Waals surface area (Å²) in [4.78, 5) is 5.06. The molecule has 1 aromatic heterocycles.